The average molecular weight is 398 g/mol. The lowest BCUT2D eigenvalue weighted by atomic mass is 10.2. The number of hydrogen-bond donors (Lipinski definition) is 1. The molecule has 0 aliphatic carbocycles. The van der Waals surface area contributed by atoms with Gasteiger partial charge in [0.15, 0.2) is 6.61 Å². The van der Waals surface area contributed by atoms with Gasteiger partial charge in [0.1, 0.15) is 5.70 Å². The summed E-state index contributed by atoms with van der Waals surface area (Å²) in [5, 5.41) is 10.8. The molecular weight excluding hydrogens is 382 g/mol. The molecule has 7 nitrogen and oxygen atoms in total. The minimum Gasteiger partial charge on any atom is -0.451 e. The largest absolute Gasteiger partial charge is 0.451 e. The van der Waals surface area contributed by atoms with E-state index in [4.69, 9.17) is 20.8 Å². The molecule has 8 heteroatoms. The van der Waals surface area contributed by atoms with Crippen LogP contribution in [0.3, 0.4) is 0 Å². The third kappa shape index (κ3) is 5.28. The molecule has 28 heavy (non-hydrogen) atoms. The van der Waals surface area contributed by atoms with E-state index in [1.54, 1.807) is 36.4 Å². The van der Waals surface area contributed by atoms with Crippen LogP contribution in [0.1, 0.15) is 18.4 Å². The normalized spacial score (nSPS) is 11.1. The molecule has 1 heterocycles. The highest BCUT2D eigenvalue weighted by Gasteiger charge is 2.16. The van der Waals surface area contributed by atoms with Gasteiger partial charge in [-0.05, 0) is 35.9 Å². The summed E-state index contributed by atoms with van der Waals surface area (Å²) in [6.45, 7) is 1.08. The van der Waals surface area contributed by atoms with Crippen molar-refractivity contribution in [2.24, 2.45) is 0 Å². The molecule has 1 amide bonds. The fourth-order valence-corrected chi connectivity index (χ4v) is 2.40. The standard InChI is InChI=1S/C20H16ClN3O4/c1-13(25)22-17(11-14-5-3-2-4-6-14)20(26)27-12-18-23-24-19(28-18)15-7-9-16(21)10-8-15/h2-11H,12H2,1H3,(H,22,25)/b17-11-. The maximum Gasteiger partial charge on any atom is 0.355 e. The maximum absolute atomic E-state index is 12.4. The van der Waals surface area contributed by atoms with Crippen LogP contribution in [-0.4, -0.2) is 22.1 Å². The second-order valence-corrected chi connectivity index (χ2v) is 6.17. The minimum atomic E-state index is -0.717. The molecule has 0 bridgehead atoms. The SMILES string of the molecule is CC(=O)N/C(=C\c1ccccc1)C(=O)OCc1nnc(-c2ccc(Cl)cc2)o1. The summed E-state index contributed by atoms with van der Waals surface area (Å²) in [5.41, 5.74) is 1.44. The number of carbonyl (C=O) groups excluding carboxylic acids is 2. The van der Waals surface area contributed by atoms with Gasteiger partial charge in [0.25, 0.3) is 5.89 Å². The first kappa shape index (κ1) is 19.3. The maximum atomic E-state index is 12.4. The van der Waals surface area contributed by atoms with Crippen molar-refractivity contribution >= 4 is 29.6 Å². The first-order valence-electron chi connectivity index (χ1n) is 8.31. The van der Waals surface area contributed by atoms with Crippen molar-refractivity contribution in [1.82, 2.24) is 15.5 Å². The van der Waals surface area contributed by atoms with Gasteiger partial charge >= 0.3 is 5.97 Å². The molecule has 3 rings (SSSR count). The van der Waals surface area contributed by atoms with Crippen LogP contribution in [0, 0.1) is 0 Å². The first-order chi connectivity index (χ1) is 13.5. The number of esters is 1. The van der Waals surface area contributed by atoms with Crippen LogP contribution in [0.5, 0.6) is 0 Å². The summed E-state index contributed by atoms with van der Waals surface area (Å²) in [6.07, 6.45) is 1.52. The molecule has 0 saturated heterocycles. The summed E-state index contributed by atoms with van der Waals surface area (Å²) in [4.78, 5) is 23.8. The van der Waals surface area contributed by atoms with Crippen molar-refractivity contribution in [3.63, 3.8) is 0 Å². The van der Waals surface area contributed by atoms with E-state index >= 15 is 0 Å². The predicted octanol–water partition coefficient (Wildman–Crippen LogP) is 3.61. The van der Waals surface area contributed by atoms with E-state index in [0.717, 1.165) is 5.56 Å². The molecule has 0 unspecified atom stereocenters. The number of benzene rings is 2. The van der Waals surface area contributed by atoms with Gasteiger partial charge in [0.05, 0.1) is 0 Å². The Bertz CT molecular complexity index is 998. The van der Waals surface area contributed by atoms with E-state index in [-0.39, 0.29) is 30.0 Å². The van der Waals surface area contributed by atoms with Crippen molar-refractivity contribution in [3.8, 4) is 11.5 Å². The summed E-state index contributed by atoms with van der Waals surface area (Å²) >= 11 is 5.85. The number of halogens is 1. The van der Waals surface area contributed by atoms with Crippen LogP contribution in [0.2, 0.25) is 5.02 Å². The summed E-state index contributed by atoms with van der Waals surface area (Å²) in [5.74, 6) is -0.697. The van der Waals surface area contributed by atoms with E-state index in [1.807, 2.05) is 18.2 Å². The number of hydrogen-bond acceptors (Lipinski definition) is 6. The highest BCUT2D eigenvalue weighted by molar-refractivity contribution is 6.30. The summed E-state index contributed by atoms with van der Waals surface area (Å²) in [6, 6.07) is 16.0. The lowest BCUT2D eigenvalue weighted by Gasteiger charge is -2.07. The second-order valence-electron chi connectivity index (χ2n) is 5.73. The third-order valence-electron chi connectivity index (χ3n) is 3.53. The van der Waals surface area contributed by atoms with Gasteiger partial charge in [-0.15, -0.1) is 10.2 Å². The second kappa shape index (κ2) is 8.96. The van der Waals surface area contributed by atoms with Crippen LogP contribution in [0.4, 0.5) is 0 Å². The molecule has 0 spiro atoms. The highest BCUT2D eigenvalue weighted by atomic mass is 35.5. The zero-order valence-corrected chi connectivity index (χ0v) is 15.6. The smallest absolute Gasteiger partial charge is 0.355 e. The molecule has 0 fully saturated rings. The Balaban J connectivity index is 1.68. The van der Waals surface area contributed by atoms with Gasteiger partial charge in [-0.2, -0.15) is 0 Å². The third-order valence-corrected chi connectivity index (χ3v) is 3.78. The predicted molar refractivity (Wildman–Crippen MR) is 103 cm³/mol. The van der Waals surface area contributed by atoms with Gasteiger partial charge in [0, 0.05) is 17.5 Å². The Morgan fingerprint density at radius 2 is 1.82 bits per heavy atom. The zero-order valence-electron chi connectivity index (χ0n) is 14.9. The lowest BCUT2D eigenvalue weighted by molar-refractivity contribution is -0.142. The molecule has 1 aromatic heterocycles. The number of carbonyl (C=O) groups is 2. The van der Waals surface area contributed by atoms with Crippen molar-refractivity contribution < 1.29 is 18.7 Å². The van der Waals surface area contributed by atoms with Crippen LogP contribution in [-0.2, 0) is 20.9 Å². The number of aromatic nitrogens is 2. The molecule has 0 atom stereocenters. The van der Waals surface area contributed by atoms with Gasteiger partial charge in [0.2, 0.25) is 11.8 Å². The highest BCUT2D eigenvalue weighted by Crippen LogP contribution is 2.20. The molecule has 0 aliphatic rings. The van der Waals surface area contributed by atoms with Gasteiger partial charge in [-0.25, -0.2) is 4.79 Å². The number of rotatable bonds is 6. The Hall–Kier alpha value is -3.45. The van der Waals surface area contributed by atoms with Crippen molar-refractivity contribution in [2.75, 3.05) is 0 Å². The van der Waals surface area contributed by atoms with E-state index in [0.29, 0.717) is 10.6 Å². The van der Waals surface area contributed by atoms with E-state index in [2.05, 4.69) is 15.5 Å². The summed E-state index contributed by atoms with van der Waals surface area (Å²) in [7, 11) is 0. The molecule has 0 saturated carbocycles. The monoisotopic (exact) mass is 397 g/mol. The van der Waals surface area contributed by atoms with Crippen LogP contribution >= 0.6 is 11.6 Å². The molecular formula is C20H16ClN3O4. The van der Waals surface area contributed by atoms with E-state index < -0.39 is 5.97 Å². The topological polar surface area (TPSA) is 94.3 Å². The van der Waals surface area contributed by atoms with Crippen molar-refractivity contribution in [3.05, 3.63) is 76.8 Å². The quantitative estimate of drug-likeness (QED) is 0.504. The Labute approximate surface area is 166 Å². The number of amides is 1. The first-order valence-corrected chi connectivity index (χ1v) is 8.69. The lowest BCUT2D eigenvalue weighted by Crippen LogP contribution is -2.26. The number of nitrogens with one attached hydrogen (secondary N) is 1. The van der Waals surface area contributed by atoms with Crippen LogP contribution < -0.4 is 5.32 Å². The molecule has 1 N–H and O–H groups in total. The van der Waals surface area contributed by atoms with Crippen LogP contribution in [0.15, 0.2) is 64.7 Å². The van der Waals surface area contributed by atoms with E-state index in [9.17, 15) is 9.59 Å². The van der Waals surface area contributed by atoms with Gasteiger partial charge < -0.3 is 14.5 Å². The van der Waals surface area contributed by atoms with Gasteiger partial charge in [-0.1, -0.05) is 41.9 Å². The summed E-state index contributed by atoms with van der Waals surface area (Å²) < 4.78 is 10.7. The molecule has 142 valence electrons. The fraction of sp³-hybridized carbons (Fsp3) is 0.100. The zero-order chi connectivity index (χ0) is 19.9. The van der Waals surface area contributed by atoms with Crippen LogP contribution in [0.25, 0.3) is 17.5 Å². The minimum absolute atomic E-state index is 0.0103. The van der Waals surface area contributed by atoms with Crippen molar-refractivity contribution in [1.29, 1.82) is 0 Å². The number of nitrogens with zero attached hydrogens (tertiary/aromatic N) is 2. The molecule has 0 radical (unpaired) electrons. The van der Waals surface area contributed by atoms with Crippen molar-refractivity contribution in [2.45, 2.75) is 13.5 Å². The Kier molecular flexibility index (Phi) is 6.18. The fourth-order valence-electron chi connectivity index (χ4n) is 2.28. The van der Waals surface area contributed by atoms with Gasteiger partial charge in [-0.3, -0.25) is 4.79 Å². The Morgan fingerprint density at radius 3 is 2.50 bits per heavy atom. The molecule has 0 aliphatic heterocycles. The van der Waals surface area contributed by atoms with E-state index in [1.165, 1.54) is 13.0 Å². The molecule has 3 aromatic rings. The Morgan fingerprint density at radius 1 is 1.11 bits per heavy atom. The molecule has 2 aromatic carbocycles. The average Bonchev–Trinajstić information content (AvgIpc) is 3.15. The number of ether oxygens (including phenoxy) is 1.